The van der Waals surface area contributed by atoms with Gasteiger partial charge in [-0.15, -0.1) is 0 Å². The van der Waals surface area contributed by atoms with Crippen molar-refractivity contribution in [3.63, 3.8) is 0 Å². The maximum atomic E-state index is 12.0. The first-order valence-corrected chi connectivity index (χ1v) is 8.62. The molecule has 0 aliphatic carbocycles. The first-order chi connectivity index (χ1) is 8.76. The monoisotopic (exact) mass is 394 g/mol. The lowest BCUT2D eigenvalue weighted by molar-refractivity contribution is -0.117. The number of amides is 1. The minimum absolute atomic E-state index is 0.0479. The summed E-state index contributed by atoms with van der Waals surface area (Å²) in [7, 11) is -3.53. The van der Waals surface area contributed by atoms with E-state index in [0.29, 0.717) is 6.54 Å². The van der Waals surface area contributed by atoms with Gasteiger partial charge in [0.15, 0.2) is 0 Å². The van der Waals surface area contributed by atoms with Crippen LogP contribution in [0.15, 0.2) is 18.2 Å². The molecular weight excluding hydrogens is 379 g/mol. The van der Waals surface area contributed by atoms with Crippen molar-refractivity contribution in [2.24, 2.45) is 11.1 Å². The van der Waals surface area contributed by atoms with Gasteiger partial charge in [-0.1, -0.05) is 6.07 Å². The molecule has 19 heavy (non-hydrogen) atoms. The van der Waals surface area contributed by atoms with E-state index < -0.39 is 10.0 Å². The Morgan fingerprint density at radius 3 is 2.74 bits per heavy atom. The summed E-state index contributed by atoms with van der Waals surface area (Å²) in [5, 5.41) is 5.03. The van der Waals surface area contributed by atoms with Crippen molar-refractivity contribution < 1.29 is 13.2 Å². The Hall–Kier alpha value is -0.670. The summed E-state index contributed by atoms with van der Waals surface area (Å²) in [5.41, 5.74) is 1.97. The zero-order chi connectivity index (χ0) is 14.2. The summed E-state index contributed by atoms with van der Waals surface area (Å²) in [4.78, 5) is 13.6. The molecule has 1 heterocycles. The highest BCUT2D eigenvalue weighted by Gasteiger charge is 2.32. The zero-order valence-corrected chi connectivity index (χ0v) is 13.4. The van der Waals surface area contributed by atoms with Crippen LogP contribution in [0, 0.1) is 16.4 Å². The van der Waals surface area contributed by atoms with Gasteiger partial charge in [-0.2, -0.15) is 0 Å². The summed E-state index contributed by atoms with van der Waals surface area (Å²) in [5.74, 6) is -0.409. The van der Waals surface area contributed by atoms with E-state index in [-0.39, 0.29) is 24.0 Å². The van der Waals surface area contributed by atoms with Gasteiger partial charge >= 0.3 is 0 Å². The van der Waals surface area contributed by atoms with Gasteiger partial charge in [0.25, 0.3) is 0 Å². The average molecular weight is 394 g/mol. The Labute approximate surface area is 126 Å². The second-order valence-corrected chi connectivity index (χ2v) is 7.66. The lowest BCUT2D eigenvalue weighted by atomic mass is 10.1. The number of nitrogens with two attached hydrogens (primary N) is 1. The number of benzene rings is 1. The first kappa shape index (κ1) is 14.7. The van der Waals surface area contributed by atoms with Crippen molar-refractivity contribution in [3.8, 4) is 0 Å². The number of primary sulfonamides is 1. The smallest absolute Gasteiger partial charge is 0.227 e. The second-order valence-electron chi connectivity index (χ2n) is 4.84. The summed E-state index contributed by atoms with van der Waals surface area (Å²) in [6.07, 6.45) is 0.237. The predicted molar refractivity (Wildman–Crippen MR) is 82.3 cm³/mol. The molecular formula is C12H15IN2O3S. The number of hydrogen-bond donors (Lipinski definition) is 1. The van der Waals surface area contributed by atoms with E-state index in [9.17, 15) is 13.2 Å². The van der Waals surface area contributed by atoms with Crippen molar-refractivity contribution >= 4 is 44.2 Å². The van der Waals surface area contributed by atoms with E-state index in [1.54, 1.807) is 4.90 Å². The molecule has 1 saturated heterocycles. The molecule has 2 rings (SSSR count). The van der Waals surface area contributed by atoms with Crippen LogP contribution in [0.1, 0.15) is 12.0 Å². The Morgan fingerprint density at radius 1 is 1.47 bits per heavy atom. The highest BCUT2D eigenvalue weighted by atomic mass is 127. The molecule has 1 atom stereocenters. The average Bonchev–Trinajstić information content (AvgIpc) is 2.61. The third kappa shape index (κ3) is 3.67. The van der Waals surface area contributed by atoms with Gasteiger partial charge in [0, 0.05) is 28.1 Å². The molecule has 0 aromatic heterocycles. The number of sulfonamides is 1. The van der Waals surface area contributed by atoms with Crippen LogP contribution in [0.25, 0.3) is 0 Å². The molecule has 1 aromatic carbocycles. The third-order valence-corrected chi connectivity index (χ3v) is 5.24. The van der Waals surface area contributed by atoms with Crippen LogP contribution in [0.3, 0.4) is 0 Å². The molecule has 1 aliphatic heterocycles. The predicted octanol–water partition coefficient (Wildman–Crippen LogP) is 1.24. The Balaban J connectivity index is 2.18. The lowest BCUT2D eigenvalue weighted by Gasteiger charge is -2.17. The van der Waals surface area contributed by atoms with Crippen LogP contribution in [0.2, 0.25) is 0 Å². The highest BCUT2D eigenvalue weighted by molar-refractivity contribution is 14.1. The minimum Gasteiger partial charge on any atom is -0.312 e. The first-order valence-electron chi connectivity index (χ1n) is 5.83. The SMILES string of the molecule is Cc1ccc(N2CC(CS(N)(=O)=O)CC2=O)cc1I. The van der Waals surface area contributed by atoms with Gasteiger partial charge in [0.1, 0.15) is 0 Å². The number of carbonyl (C=O) groups is 1. The molecule has 0 bridgehead atoms. The van der Waals surface area contributed by atoms with Crippen molar-refractivity contribution in [2.75, 3.05) is 17.2 Å². The molecule has 1 unspecified atom stereocenters. The topological polar surface area (TPSA) is 80.5 Å². The Kier molecular flexibility index (Phi) is 4.17. The number of carbonyl (C=O) groups excluding carboxylic acids is 1. The molecule has 5 nitrogen and oxygen atoms in total. The van der Waals surface area contributed by atoms with Gasteiger partial charge in [0.05, 0.1) is 5.75 Å². The van der Waals surface area contributed by atoms with Crippen molar-refractivity contribution in [1.29, 1.82) is 0 Å². The van der Waals surface area contributed by atoms with Gasteiger partial charge in [-0.3, -0.25) is 4.79 Å². The number of halogens is 1. The zero-order valence-electron chi connectivity index (χ0n) is 10.5. The van der Waals surface area contributed by atoms with E-state index in [1.807, 2.05) is 25.1 Å². The fourth-order valence-electron chi connectivity index (χ4n) is 2.22. The second kappa shape index (κ2) is 5.37. The van der Waals surface area contributed by atoms with E-state index in [4.69, 9.17) is 5.14 Å². The van der Waals surface area contributed by atoms with Gasteiger partial charge in [-0.05, 0) is 47.2 Å². The van der Waals surface area contributed by atoms with Crippen LogP contribution in [0.4, 0.5) is 5.69 Å². The van der Waals surface area contributed by atoms with Crippen molar-refractivity contribution in [2.45, 2.75) is 13.3 Å². The third-order valence-electron chi connectivity index (χ3n) is 3.14. The van der Waals surface area contributed by atoms with Gasteiger partial charge < -0.3 is 4.90 Å². The molecule has 1 amide bonds. The standard InChI is InChI=1S/C12H15IN2O3S/c1-8-2-3-10(5-11(8)13)15-6-9(4-12(15)16)7-19(14,17)18/h2-3,5,9H,4,6-7H2,1H3,(H2,14,17,18). The summed E-state index contributed by atoms with van der Waals surface area (Å²) in [6, 6.07) is 5.78. The maximum absolute atomic E-state index is 12.0. The molecule has 0 radical (unpaired) electrons. The normalized spacial score (nSPS) is 20.1. The van der Waals surface area contributed by atoms with Crippen molar-refractivity contribution in [3.05, 3.63) is 27.3 Å². The molecule has 1 aromatic rings. The van der Waals surface area contributed by atoms with E-state index in [0.717, 1.165) is 14.8 Å². The van der Waals surface area contributed by atoms with Crippen LogP contribution in [-0.4, -0.2) is 26.6 Å². The largest absolute Gasteiger partial charge is 0.312 e. The van der Waals surface area contributed by atoms with E-state index in [1.165, 1.54) is 0 Å². The fraction of sp³-hybridized carbons (Fsp3) is 0.417. The molecule has 104 valence electrons. The molecule has 0 spiro atoms. The molecule has 0 saturated carbocycles. The number of aryl methyl sites for hydroxylation is 1. The molecule has 7 heteroatoms. The number of rotatable bonds is 3. The lowest BCUT2D eigenvalue weighted by Crippen LogP contribution is -2.27. The summed E-state index contributed by atoms with van der Waals surface area (Å²) in [6.45, 7) is 2.41. The Bertz CT molecular complexity index is 615. The fourth-order valence-corrected chi connectivity index (χ4v) is 3.60. The quantitative estimate of drug-likeness (QED) is 0.784. The van der Waals surface area contributed by atoms with Crippen LogP contribution >= 0.6 is 22.6 Å². The number of hydrogen-bond acceptors (Lipinski definition) is 3. The van der Waals surface area contributed by atoms with E-state index in [2.05, 4.69) is 22.6 Å². The van der Waals surface area contributed by atoms with E-state index >= 15 is 0 Å². The minimum atomic E-state index is -3.53. The summed E-state index contributed by atoms with van der Waals surface area (Å²) < 4.78 is 23.2. The highest BCUT2D eigenvalue weighted by Crippen LogP contribution is 2.27. The number of anilines is 1. The van der Waals surface area contributed by atoms with Gasteiger partial charge in [0.2, 0.25) is 15.9 Å². The Morgan fingerprint density at radius 2 is 2.16 bits per heavy atom. The maximum Gasteiger partial charge on any atom is 0.227 e. The van der Waals surface area contributed by atoms with Crippen LogP contribution in [-0.2, 0) is 14.8 Å². The van der Waals surface area contributed by atoms with Crippen LogP contribution in [0.5, 0.6) is 0 Å². The molecule has 1 aliphatic rings. The summed E-state index contributed by atoms with van der Waals surface area (Å²) >= 11 is 2.22. The van der Waals surface area contributed by atoms with Crippen molar-refractivity contribution in [1.82, 2.24) is 0 Å². The molecule has 2 N–H and O–H groups in total. The van der Waals surface area contributed by atoms with Crippen LogP contribution < -0.4 is 10.0 Å². The number of nitrogens with zero attached hydrogens (tertiary/aromatic N) is 1. The van der Waals surface area contributed by atoms with Gasteiger partial charge in [-0.25, -0.2) is 13.6 Å². The molecule has 1 fully saturated rings.